The first kappa shape index (κ1) is 11.5. The molecule has 0 bridgehead atoms. The third-order valence-electron chi connectivity index (χ3n) is 2.73. The van der Waals surface area contributed by atoms with E-state index in [1.165, 1.54) is 0 Å². The van der Waals surface area contributed by atoms with E-state index in [1.54, 1.807) is 36.9 Å². The van der Waals surface area contributed by atoms with E-state index >= 15 is 0 Å². The molecule has 2 rings (SSSR count). The normalized spacial score (nSPS) is 12.1. The van der Waals surface area contributed by atoms with Crippen molar-refractivity contribution in [2.24, 2.45) is 0 Å². The second-order valence-electron chi connectivity index (χ2n) is 4.06. The molecule has 0 aliphatic rings. The smallest absolute Gasteiger partial charge is 0.165 e. The van der Waals surface area contributed by atoms with Crippen molar-refractivity contribution in [1.29, 1.82) is 0 Å². The first-order chi connectivity index (χ1) is 8.27. The lowest BCUT2D eigenvalue weighted by Gasteiger charge is -2.10. The Morgan fingerprint density at radius 1 is 1.18 bits per heavy atom. The Hall–Kier alpha value is -2.03. The van der Waals surface area contributed by atoms with Crippen LogP contribution in [0.2, 0.25) is 0 Å². The van der Waals surface area contributed by atoms with Crippen molar-refractivity contribution in [3.63, 3.8) is 0 Å². The summed E-state index contributed by atoms with van der Waals surface area (Å²) in [7, 11) is 0. The summed E-state index contributed by atoms with van der Waals surface area (Å²) in [6.07, 6.45) is 7.30. The zero-order valence-corrected chi connectivity index (χ0v) is 9.71. The van der Waals surface area contributed by atoms with Gasteiger partial charge in [-0.2, -0.15) is 0 Å². The lowest BCUT2D eigenvalue weighted by molar-refractivity contribution is 0.0975. The van der Waals surface area contributed by atoms with Crippen molar-refractivity contribution in [2.45, 2.75) is 19.3 Å². The maximum atomic E-state index is 12.0. The summed E-state index contributed by atoms with van der Waals surface area (Å²) in [6.45, 7) is 2.03. The summed E-state index contributed by atoms with van der Waals surface area (Å²) < 4.78 is 0. The number of ketones is 1. The largest absolute Gasteiger partial charge is 0.294 e. The van der Waals surface area contributed by atoms with E-state index in [0.717, 1.165) is 5.56 Å². The maximum Gasteiger partial charge on any atom is 0.165 e. The molecule has 1 unspecified atom stereocenters. The molecule has 0 N–H and O–H groups in total. The molecule has 0 saturated carbocycles. The Balaban J connectivity index is 2.05. The average Bonchev–Trinajstić information content (AvgIpc) is 2.40. The summed E-state index contributed by atoms with van der Waals surface area (Å²) in [4.78, 5) is 20.0. The summed E-state index contributed by atoms with van der Waals surface area (Å²) in [5.74, 6) is 0.297. The molecule has 86 valence electrons. The van der Waals surface area contributed by atoms with E-state index in [1.807, 2.05) is 19.1 Å². The van der Waals surface area contributed by atoms with Crippen LogP contribution in [0.25, 0.3) is 0 Å². The van der Waals surface area contributed by atoms with E-state index in [0.29, 0.717) is 12.0 Å². The van der Waals surface area contributed by atoms with E-state index in [2.05, 4.69) is 9.97 Å². The Kier molecular flexibility index (Phi) is 3.60. The highest BCUT2D eigenvalue weighted by Gasteiger charge is 2.12. The second-order valence-corrected chi connectivity index (χ2v) is 4.06. The molecule has 0 spiro atoms. The highest BCUT2D eigenvalue weighted by atomic mass is 16.1. The molecule has 0 aliphatic carbocycles. The van der Waals surface area contributed by atoms with Crippen LogP contribution in [0.3, 0.4) is 0 Å². The van der Waals surface area contributed by atoms with Crippen LogP contribution < -0.4 is 0 Å². The molecule has 3 nitrogen and oxygen atoms in total. The molecule has 2 aromatic heterocycles. The summed E-state index contributed by atoms with van der Waals surface area (Å²) in [6, 6.07) is 7.46. The molecule has 2 aromatic rings. The summed E-state index contributed by atoms with van der Waals surface area (Å²) >= 11 is 0. The van der Waals surface area contributed by atoms with Gasteiger partial charge in [-0.05, 0) is 29.7 Å². The number of pyridine rings is 2. The third-order valence-corrected chi connectivity index (χ3v) is 2.73. The van der Waals surface area contributed by atoms with E-state index in [4.69, 9.17) is 0 Å². The maximum absolute atomic E-state index is 12.0. The number of aromatic nitrogens is 2. The van der Waals surface area contributed by atoms with Crippen molar-refractivity contribution in [1.82, 2.24) is 9.97 Å². The van der Waals surface area contributed by atoms with Gasteiger partial charge in [0.1, 0.15) is 0 Å². The van der Waals surface area contributed by atoms with Crippen LogP contribution in [0.15, 0.2) is 49.1 Å². The number of hydrogen-bond acceptors (Lipinski definition) is 3. The van der Waals surface area contributed by atoms with Gasteiger partial charge in [-0.3, -0.25) is 14.8 Å². The second kappa shape index (κ2) is 5.34. The monoisotopic (exact) mass is 226 g/mol. The number of rotatable bonds is 4. The van der Waals surface area contributed by atoms with E-state index in [9.17, 15) is 4.79 Å². The van der Waals surface area contributed by atoms with Gasteiger partial charge in [-0.1, -0.05) is 13.0 Å². The highest BCUT2D eigenvalue weighted by Crippen LogP contribution is 2.19. The van der Waals surface area contributed by atoms with Crippen molar-refractivity contribution < 1.29 is 4.79 Å². The van der Waals surface area contributed by atoms with Crippen LogP contribution in [-0.2, 0) is 0 Å². The minimum atomic E-state index is 0.120. The Morgan fingerprint density at radius 3 is 2.47 bits per heavy atom. The van der Waals surface area contributed by atoms with Crippen molar-refractivity contribution >= 4 is 5.78 Å². The molecule has 1 atom stereocenters. The average molecular weight is 226 g/mol. The number of nitrogens with zero attached hydrogens (tertiary/aromatic N) is 2. The summed E-state index contributed by atoms with van der Waals surface area (Å²) in [5, 5.41) is 0. The number of hydrogen-bond donors (Lipinski definition) is 0. The SMILES string of the molecule is CC(CC(=O)c1cccnc1)c1cccnc1. The van der Waals surface area contributed by atoms with Gasteiger partial charge in [-0.15, -0.1) is 0 Å². The lowest BCUT2D eigenvalue weighted by atomic mass is 9.95. The van der Waals surface area contributed by atoms with Gasteiger partial charge >= 0.3 is 0 Å². The molecule has 0 amide bonds. The number of carbonyl (C=O) groups is 1. The fourth-order valence-corrected chi connectivity index (χ4v) is 1.71. The van der Waals surface area contributed by atoms with Crippen molar-refractivity contribution in [3.05, 3.63) is 60.2 Å². The number of carbonyl (C=O) groups excluding carboxylic acids is 1. The molecular weight excluding hydrogens is 212 g/mol. The zero-order chi connectivity index (χ0) is 12.1. The van der Waals surface area contributed by atoms with Crippen LogP contribution in [0.4, 0.5) is 0 Å². The molecule has 17 heavy (non-hydrogen) atoms. The fourth-order valence-electron chi connectivity index (χ4n) is 1.71. The molecule has 0 saturated heterocycles. The van der Waals surface area contributed by atoms with Crippen LogP contribution in [0.1, 0.15) is 35.2 Å². The summed E-state index contributed by atoms with van der Waals surface area (Å²) in [5.41, 5.74) is 1.76. The van der Waals surface area contributed by atoms with Crippen molar-refractivity contribution in [3.8, 4) is 0 Å². The van der Waals surface area contributed by atoms with Gasteiger partial charge in [0.2, 0.25) is 0 Å². The lowest BCUT2D eigenvalue weighted by Crippen LogP contribution is -2.05. The molecule has 0 radical (unpaired) electrons. The predicted molar refractivity (Wildman–Crippen MR) is 65.8 cm³/mol. The number of Topliss-reactive ketones (excluding diaryl/α,β-unsaturated/α-hetero) is 1. The van der Waals surface area contributed by atoms with Crippen LogP contribution in [0.5, 0.6) is 0 Å². The Bertz CT molecular complexity index is 482. The van der Waals surface area contributed by atoms with Crippen LogP contribution in [0, 0.1) is 0 Å². The van der Waals surface area contributed by atoms with Crippen molar-refractivity contribution in [2.75, 3.05) is 0 Å². The van der Waals surface area contributed by atoms with Gasteiger partial charge in [0.05, 0.1) is 0 Å². The Labute approximate surface area is 101 Å². The molecular formula is C14H14N2O. The first-order valence-corrected chi connectivity index (χ1v) is 5.60. The van der Waals surface area contributed by atoms with Gasteiger partial charge in [0, 0.05) is 36.8 Å². The molecule has 3 heteroatoms. The van der Waals surface area contributed by atoms with Gasteiger partial charge < -0.3 is 0 Å². The molecule has 2 heterocycles. The molecule has 0 aliphatic heterocycles. The first-order valence-electron chi connectivity index (χ1n) is 5.60. The van der Waals surface area contributed by atoms with E-state index < -0.39 is 0 Å². The van der Waals surface area contributed by atoms with Gasteiger partial charge in [0.15, 0.2) is 5.78 Å². The van der Waals surface area contributed by atoms with Crippen LogP contribution in [-0.4, -0.2) is 15.8 Å². The highest BCUT2D eigenvalue weighted by molar-refractivity contribution is 5.96. The minimum absolute atomic E-state index is 0.120. The fraction of sp³-hybridized carbons (Fsp3) is 0.214. The topological polar surface area (TPSA) is 42.9 Å². The van der Waals surface area contributed by atoms with Crippen LogP contribution >= 0.6 is 0 Å². The minimum Gasteiger partial charge on any atom is -0.294 e. The zero-order valence-electron chi connectivity index (χ0n) is 9.71. The van der Waals surface area contributed by atoms with Gasteiger partial charge in [-0.25, -0.2) is 0 Å². The third kappa shape index (κ3) is 2.97. The standard InChI is InChI=1S/C14H14N2O/c1-11(12-4-2-6-15-9-12)8-14(17)13-5-3-7-16-10-13/h2-7,9-11H,8H2,1H3. The van der Waals surface area contributed by atoms with Gasteiger partial charge in [0.25, 0.3) is 0 Å². The predicted octanol–water partition coefficient (Wildman–Crippen LogP) is 2.85. The molecule has 0 aromatic carbocycles. The quantitative estimate of drug-likeness (QED) is 0.753. The Morgan fingerprint density at radius 2 is 1.88 bits per heavy atom. The molecule has 0 fully saturated rings. The van der Waals surface area contributed by atoms with E-state index in [-0.39, 0.29) is 11.7 Å².